The fourth-order valence-electron chi connectivity index (χ4n) is 8.57. The van der Waals surface area contributed by atoms with Crippen molar-refractivity contribution in [3.8, 4) is 45.3 Å². The standard InChI is InChI=1S/C45H46BNO2/c1-42(2,3)25-16-17-33-28(20-25)29-21-26(43(4,5)6)23-31-39(29)47-40-30(22-27(44(7,8)9)24-32(40)45(31,10)11)38-34(46(33)47)18-19-37-41(38)49-36-15-13-12-14-35(36)48-37/h12-24H,1-11H3. The van der Waals surface area contributed by atoms with Crippen molar-refractivity contribution in [3.63, 3.8) is 0 Å². The first-order chi connectivity index (χ1) is 22.9. The maximum Gasteiger partial charge on any atom is 0.329 e. The number of hydrogen-bond acceptors (Lipinski definition) is 3. The summed E-state index contributed by atoms with van der Waals surface area (Å²) in [4.78, 5) is 2.70. The molecule has 4 heteroatoms. The number of nitrogens with zero attached hydrogens (tertiary/aromatic N) is 1. The predicted octanol–water partition coefficient (Wildman–Crippen LogP) is 11.0. The molecule has 0 unspecified atom stereocenters. The van der Waals surface area contributed by atoms with E-state index in [1.54, 1.807) is 0 Å². The summed E-state index contributed by atoms with van der Waals surface area (Å²) >= 11 is 0. The minimum atomic E-state index is -0.243. The van der Waals surface area contributed by atoms with E-state index in [1.165, 1.54) is 66.8 Å². The van der Waals surface area contributed by atoms with Gasteiger partial charge in [0.1, 0.15) is 0 Å². The molecule has 246 valence electrons. The van der Waals surface area contributed by atoms with Crippen molar-refractivity contribution < 1.29 is 9.47 Å². The molecule has 0 spiro atoms. The first-order valence-corrected chi connectivity index (χ1v) is 17.9. The maximum absolute atomic E-state index is 6.88. The third kappa shape index (κ3) is 4.16. The lowest BCUT2D eigenvalue weighted by molar-refractivity contribution is 0.361. The van der Waals surface area contributed by atoms with Gasteiger partial charge in [-0.3, -0.25) is 0 Å². The summed E-state index contributed by atoms with van der Waals surface area (Å²) in [6.45, 7) is 25.9. The summed E-state index contributed by atoms with van der Waals surface area (Å²) in [6, 6.07) is 29.7. The minimum absolute atomic E-state index is 0.000145. The van der Waals surface area contributed by atoms with Crippen molar-refractivity contribution in [1.82, 2.24) is 0 Å². The second-order valence-electron chi connectivity index (χ2n) is 18.3. The Labute approximate surface area is 292 Å². The third-order valence-electron chi connectivity index (χ3n) is 11.5. The van der Waals surface area contributed by atoms with E-state index in [0.717, 1.165) is 28.6 Å². The van der Waals surface area contributed by atoms with E-state index >= 15 is 0 Å². The zero-order valence-electron chi connectivity index (χ0n) is 30.8. The van der Waals surface area contributed by atoms with Gasteiger partial charge in [-0.05, 0) is 90.9 Å². The molecule has 0 radical (unpaired) electrons. The number of fused-ring (bicyclic) bond motifs is 9. The number of benzene rings is 5. The van der Waals surface area contributed by atoms with E-state index in [1.807, 2.05) is 24.3 Å². The second-order valence-corrected chi connectivity index (χ2v) is 18.3. The summed E-state index contributed by atoms with van der Waals surface area (Å²) in [5, 5.41) is 0. The average Bonchev–Trinajstić information content (AvgIpc) is 3.03. The zero-order chi connectivity index (χ0) is 34.6. The van der Waals surface area contributed by atoms with Gasteiger partial charge in [0.25, 0.3) is 0 Å². The van der Waals surface area contributed by atoms with Gasteiger partial charge < -0.3 is 14.3 Å². The van der Waals surface area contributed by atoms with E-state index in [0.29, 0.717) is 0 Å². The summed E-state index contributed by atoms with van der Waals surface area (Å²) < 4.78 is 13.4. The van der Waals surface area contributed by atoms with Crippen LogP contribution in [0.5, 0.6) is 23.0 Å². The molecule has 0 bridgehead atoms. The van der Waals surface area contributed by atoms with Crippen molar-refractivity contribution >= 4 is 29.1 Å². The molecular weight excluding hydrogens is 597 g/mol. The molecule has 4 heterocycles. The molecule has 9 rings (SSSR count). The number of para-hydroxylation sites is 2. The van der Waals surface area contributed by atoms with Crippen molar-refractivity contribution in [3.05, 3.63) is 107 Å². The Morgan fingerprint density at radius 1 is 0.531 bits per heavy atom. The van der Waals surface area contributed by atoms with E-state index in [9.17, 15) is 0 Å². The van der Waals surface area contributed by atoms with Crippen LogP contribution in [0.1, 0.15) is 104 Å². The van der Waals surface area contributed by atoms with E-state index in [2.05, 4.69) is 136 Å². The Morgan fingerprint density at radius 2 is 1.06 bits per heavy atom. The molecule has 0 N–H and O–H groups in total. The van der Waals surface area contributed by atoms with Gasteiger partial charge in [0.15, 0.2) is 23.0 Å². The molecule has 49 heavy (non-hydrogen) atoms. The lowest BCUT2D eigenvalue weighted by atomic mass is 9.41. The maximum atomic E-state index is 6.88. The largest absolute Gasteiger partial charge is 0.449 e. The van der Waals surface area contributed by atoms with Crippen LogP contribution in [0.4, 0.5) is 11.4 Å². The summed E-state index contributed by atoms with van der Waals surface area (Å²) in [7, 11) is 0. The quantitative estimate of drug-likeness (QED) is 0.154. The highest BCUT2D eigenvalue weighted by Crippen LogP contribution is 2.61. The fraction of sp³-hybridized carbons (Fsp3) is 0.333. The molecule has 0 amide bonds. The number of rotatable bonds is 0. The molecule has 0 atom stereocenters. The average molecular weight is 644 g/mol. The Kier molecular flexibility index (Phi) is 5.88. The first kappa shape index (κ1) is 30.6. The summed E-state index contributed by atoms with van der Waals surface area (Å²) in [6.07, 6.45) is 0. The Hall–Kier alpha value is -4.44. The molecule has 5 aromatic rings. The molecule has 3 nitrogen and oxygen atoms in total. The van der Waals surface area contributed by atoms with Gasteiger partial charge in [-0.15, -0.1) is 0 Å². The molecule has 0 aliphatic carbocycles. The van der Waals surface area contributed by atoms with Crippen LogP contribution in [0, 0.1) is 0 Å². The van der Waals surface area contributed by atoms with Crippen LogP contribution in [-0.4, -0.2) is 6.85 Å². The van der Waals surface area contributed by atoms with Gasteiger partial charge in [0.05, 0.1) is 0 Å². The highest BCUT2D eigenvalue weighted by Gasteiger charge is 2.52. The van der Waals surface area contributed by atoms with Crippen molar-refractivity contribution in [2.75, 3.05) is 4.81 Å². The smallest absolute Gasteiger partial charge is 0.329 e. The molecule has 4 aliphatic rings. The van der Waals surface area contributed by atoms with Crippen LogP contribution in [0.15, 0.2) is 78.9 Å². The SMILES string of the molecule is CC(C)(C)c1ccc2c(c1)-c1cc(C(C)(C)C)cc3c1N1B2c2ccc4c(c2-c2cc(C(C)(C)C)cc(c21)C3(C)C)Oc1ccccc1O4. The van der Waals surface area contributed by atoms with E-state index < -0.39 is 0 Å². The summed E-state index contributed by atoms with van der Waals surface area (Å²) in [5.74, 6) is 3.10. The van der Waals surface area contributed by atoms with Crippen molar-refractivity contribution in [2.45, 2.75) is 97.8 Å². The molecule has 0 saturated carbocycles. The first-order valence-electron chi connectivity index (χ1n) is 17.9. The van der Waals surface area contributed by atoms with Crippen LogP contribution in [0.25, 0.3) is 22.3 Å². The molecular formula is C45H46BNO2. The van der Waals surface area contributed by atoms with E-state index in [-0.39, 0.29) is 28.5 Å². The van der Waals surface area contributed by atoms with Gasteiger partial charge in [-0.1, -0.05) is 125 Å². The lowest BCUT2D eigenvalue weighted by Crippen LogP contribution is -2.61. The van der Waals surface area contributed by atoms with Gasteiger partial charge in [-0.25, -0.2) is 0 Å². The minimum Gasteiger partial charge on any atom is -0.449 e. The van der Waals surface area contributed by atoms with Crippen molar-refractivity contribution in [2.24, 2.45) is 0 Å². The van der Waals surface area contributed by atoms with Crippen LogP contribution in [-0.2, 0) is 21.7 Å². The molecule has 0 saturated heterocycles. The van der Waals surface area contributed by atoms with Crippen LogP contribution in [0.3, 0.4) is 0 Å². The fourth-order valence-corrected chi connectivity index (χ4v) is 8.57. The van der Waals surface area contributed by atoms with Crippen LogP contribution >= 0.6 is 0 Å². The molecule has 0 fully saturated rings. The zero-order valence-corrected chi connectivity index (χ0v) is 30.8. The predicted molar refractivity (Wildman–Crippen MR) is 206 cm³/mol. The molecule has 4 aliphatic heterocycles. The third-order valence-corrected chi connectivity index (χ3v) is 11.5. The number of anilines is 2. The number of hydrogen-bond donors (Lipinski definition) is 0. The lowest BCUT2D eigenvalue weighted by Gasteiger charge is -2.52. The Morgan fingerprint density at radius 3 is 1.67 bits per heavy atom. The van der Waals surface area contributed by atoms with E-state index in [4.69, 9.17) is 9.47 Å². The normalized spacial score (nSPS) is 16.1. The monoisotopic (exact) mass is 643 g/mol. The summed E-state index contributed by atoms with van der Waals surface area (Å²) in [5.41, 5.74) is 16.9. The van der Waals surface area contributed by atoms with Crippen molar-refractivity contribution in [1.29, 1.82) is 0 Å². The van der Waals surface area contributed by atoms with Crippen LogP contribution in [0.2, 0.25) is 0 Å². The number of ether oxygens (including phenoxy) is 2. The van der Waals surface area contributed by atoms with Crippen LogP contribution < -0.4 is 25.2 Å². The molecule has 0 aromatic heterocycles. The van der Waals surface area contributed by atoms with Gasteiger partial charge in [-0.2, -0.15) is 0 Å². The van der Waals surface area contributed by atoms with Gasteiger partial charge in [0.2, 0.25) is 0 Å². The van der Waals surface area contributed by atoms with Gasteiger partial charge >= 0.3 is 6.85 Å². The van der Waals surface area contributed by atoms with Gasteiger partial charge in [0, 0.05) is 33.5 Å². The topological polar surface area (TPSA) is 21.7 Å². The Balaban J connectivity index is 1.45. The highest BCUT2D eigenvalue weighted by molar-refractivity contribution is 6.92. The second kappa shape index (κ2) is 9.41. The molecule has 5 aromatic carbocycles. The Bertz CT molecular complexity index is 2270. The highest BCUT2D eigenvalue weighted by atomic mass is 16.6.